The van der Waals surface area contributed by atoms with Crippen LogP contribution < -0.4 is 11.1 Å². The standard InChI is InChI=1S/C20H17N3O3/c21-9-8-14(24)23-13-7-2-1-4-12(13)15-17-16(19(25)22-20(17)26)10-5-3-6-11(10)18(15)23/h1-2,4,7H,3,5-6,8-9,21H2,(H,22,25,26). The van der Waals surface area contributed by atoms with Crippen molar-refractivity contribution >= 4 is 39.5 Å². The number of aromatic nitrogens is 1. The molecule has 0 spiro atoms. The molecule has 26 heavy (non-hydrogen) atoms. The molecule has 0 saturated carbocycles. The van der Waals surface area contributed by atoms with Crippen molar-refractivity contribution in [3.8, 4) is 0 Å². The molecule has 5 rings (SSSR count). The van der Waals surface area contributed by atoms with Gasteiger partial charge in [0.2, 0.25) is 5.91 Å². The Kier molecular flexibility index (Phi) is 3.09. The predicted octanol–water partition coefficient (Wildman–Crippen LogP) is 2.16. The lowest BCUT2D eigenvalue weighted by Gasteiger charge is -2.11. The maximum absolute atomic E-state index is 12.9. The van der Waals surface area contributed by atoms with Crippen LogP contribution in [0, 0.1) is 0 Å². The summed E-state index contributed by atoms with van der Waals surface area (Å²) in [4.78, 5) is 37.9. The van der Waals surface area contributed by atoms with E-state index in [1.165, 1.54) is 0 Å². The van der Waals surface area contributed by atoms with Crippen molar-refractivity contribution in [3.63, 3.8) is 0 Å². The Labute approximate surface area is 148 Å². The molecule has 0 atom stereocenters. The van der Waals surface area contributed by atoms with E-state index in [1.807, 2.05) is 24.3 Å². The number of nitrogens with zero attached hydrogens (tertiary/aromatic N) is 1. The third-order valence-corrected chi connectivity index (χ3v) is 5.47. The highest BCUT2D eigenvalue weighted by Crippen LogP contribution is 2.42. The minimum absolute atomic E-state index is 0.0857. The Bertz CT molecular complexity index is 1160. The van der Waals surface area contributed by atoms with Crippen LogP contribution in [0.2, 0.25) is 0 Å². The average Bonchev–Trinajstić information content (AvgIpc) is 3.29. The predicted molar refractivity (Wildman–Crippen MR) is 97.6 cm³/mol. The molecular weight excluding hydrogens is 330 g/mol. The van der Waals surface area contributed by atoms with Crippen LogP contribution in [0.4, 0.5) is 0 Å². The minimum atomic E-state index is -0.376. The van der Waals surface area contributed by atoms with Crippen LogP contribution in [0.25, 0.3) is 21.8 Å². The molecule has 3 N–H and O–H groups in total. The van der Waals surface area contributed by atoms with Gasteiger partial charge in [0.05, 0.1) is 22.2 Å². The van der Waals surface area contributed by atoms with Gasteiger partial charge in [-0.05, 0) is 36.5 Å². The van der Waals surface area contributed by atoms with E-state index in [0.717, 1.165) is 46.8 Å². The molecule has 2 heterocycles. The number of hydrogen-bond donors (Lipinski definition) is 2. The lowest BCUT2D eigenvalue weighted by Crippen LogP contribution is -2.20. The first-order valence-electron chi connectivity index (χ1n) is 8.83. The molecule has 6 nitrogen and oxygen atoms in total. The fourth-order valence-electron chi connectivity index (χ4n) is 4.54. The topological polar surface area (TPSA) is 94.2 Å². The molecule has 2 aromatic carbocycles. The van der Waals surface area contributed by atoms with Gasteiger partial charge in [-0.2, -0.15) is 0 Å². The number of benzene rings is 2. The van der Waals surface area contributed by atoms with E-state index in [1.54, 1.807) is 4.57 Å². The summed E-state index contributed by atoms with van der Waals surface area (Å²) in [5.41, 5.74) is 10.0. The van der Waals surface area contributed by atoms with E-state index in [0.29, 0.717) is 16.5 Å². The van der Waals surface area contributed by atoms with Gasteiger partial charge >= 0.3 is 0 Å². The number of rotatable bonds is 2. The number of nitrogens with one attached hydrogen (secondary N) is 1. The van der Waals surface area contributed by atoms with Crippen molar-refractivity contribution in [3.05, 3.63) is 46.5 Å². The summed E-state index contributed by atoms with van der Waals surface area (Å²) in [5.74, 6) is -0.786. The van der Waals surface area contributed by atoms with Gasteiger partial charge in [0.15, 0.2) is 0 Å². The number of fused-ring (bicyclic) bond motifs is 8. The quantitative estimate of drug-likeness (QED) is 0.695. The van der Waals surface area contributed by atoms with Crippen LogP contribution in [0.15, 0.2) is 24.3 Å². The number of imide groups is 1. The summed E-state index contributed by atoms with van der Waals surface area (Å²) in [7, 11) is 0. The molecule has 0 radical (unpaired) electrons. The fourth-order valence-corrected chi connectivity index (χ4v) is 4.54. The molecule has 1 aliphatic carbocycles. The maximum atomic E-state index is 12.9. The molecule has 0 fully saturated rings. The summed E-state index contributed by atoms with van der Waals surface area (Å²) in [6, 6.07) is 7.54. The second-order valence-corrected chi connectivity index (χ2v) is 6.85. The minimum Gasteiger partial charge on any atom is -0.330 e. The largest absolute Gasteiger partial charge is 0.330 e. The summed E-state index contributed by atoms with van der Waals surface area (Å²) in [5, 5.41) is 3.98. The number of carbonyl (C=O) groups excluding carboxylic acids is 3. The average molecular weight is 347 g/mol. The SMILES string of the molecule is NCCC(=O)n1c2ccccc2c2c3c(c4c(c21)CCC4)C(=O)NC3=O. The first kappa shape index (κ1) is 15.3. The first-order chi connectivity index (χ1) is 12.6. The van der Waals surface area contributed by atoms with Crippen LogP contribution in [-0.2, 0) is 12.8 Å². The molecule has 1 aliphatic heterocycles. The highest BCUT2D eigenvalue weighted by molar-refractivity contribution is 6.32. The lowest BCUT2D eigenvalue weighted by atomic mass is 9.93. The molecule has 6 heteroatoms. The zero-order valence-corrected chi connectivity index (χ0v) is 14.1. The van der Waals surface area contributed by atoms with E-state index in [9.17, 15) is 14.4 Å². The molecular formula is C20H17N3O3. The van der Waals surface area contributed by atoms with E-state index >= 15 is 0 Å². The summed E-state index contributed by atoms with van der Waals surface area (Å²) in [6.07, 6.45) is 2.69. The molecule has 2 amide bonds. The number of nitrogens with two attached hydrogens (primary N) is 1. The summed E-state index contributed by atoms with van der Waals surface area (Å²) in [6.45, 7) is 0.263. The Morgan fingerprint density at radius 3 is 2.62 bits per heavy atom. The Hall–Kier alpha value is -2.99. The summed E-state index contributed by atoms with van der Waals surface area (Å²) < 4.78 is 1.71. The van der Waals surface area contributed by atoms with Gasteiger partial charge in [0.1, 0.15) is 0 Å². The smallest absolute Gasteiger partial charge is 0.259 e. The zero-order chi connectivity index (χ0) is 18.0. The van der Waals surface area contributed by atoms with Crippen LogP contribution in [0.1, 0.15) is 49.5 Å². The van der Waals surface area contributed by atoms with E-state index in [4.69, 9.17) is 5.73 Å². The normalized spacial score (nSPS) is 15.6. The second kappa shape index (κ2) is 5.25. The number of hydrogen-bond acceptors (Lipinski definition) is 4. The van der Waals surface area contributed by atoms with Gasteiger partial charge < -0.3 is 5.73 Å². The monoisotopic (exact) mass is 347 g/mol. The maximum Gasteiger partial charge on any atom is 0.259 e. The number of aryl methyl sites for hydroxylation is 1. The molecule has 0 bridgehead atoms. The van der Waals surface area contributed by atoms with Crippen molar-refractivity contribution < 1.29 is 14.4 Å². The Balaban J connectivity index is 2.05. The van der Waals surface area contributed by atoms with E-state index in [2.05, 4.69) is 5.32 Å². The van der Waals surface area contributed by atoms with Crippen molar-refractivity contribution in [2.75, 3.05) is 6.54 Å². The lowest BCUT2D eigenvalue weighted by molar-refractivity contribution is 0.0876. The van der Waals surface area contributed by atoms with Gasteiger partial charge in [-0.3, -0.25) is 24.3 Å². The number of carbonyl (C=O) groups is 3. The van der Waals surface area contributed by atoms with Gasteiger partial charge in [-0.1, -0.05) is 18.2 Å². The Morgan fingerprint density at radius 1 is 1.08 bits per heavy atom. The highest BCUT2D eigenvalue weighted by Gasteiger charge is 2.37. The van der Waals surface area contributed by atoms with Crippen LogP contribution in [-0.4, -0.2) is 28.8 Å². The van der Waals surface area contributed by atoms with E-state index in [-0.39, 0.29) is 30.7 Å². The number of amides is 2. The molecule has 130 valence electrons. The van der Waals surface area contributed by atoms with Gasteiger partial charge in [-0.15, -0.1) is 0 Å². The van der Waals surface area contributed by atoms with Crippen molar-refractivity contribution in [1.29, 1.82) is 0 Å². The fraction of sp³-hybridized carbons (Fsp3) is 0.250. The van der Waals surface area contributed by atoms with Crippen molar-refractivity contribution in [2.45, 2.75) is 25.7 Å². The van der Waals surface area contributed by atoms with E-state index < -0.39 is 0 Å². The molecule has 2 aliphatic rings. The third kappa shape index (κ3) is 1.77. The van der Waals surface area contributed by atoms with Crippen molar-refractivity contribution in [1.82, 2.24) is 9.88 Å². The van der Waals surface area contributed by atoms with Crippen LogP contribution in [0.3, 0.4) is 0 Å². The van der Waals surface area contributed by atoms with Gasteiger partial charge in [0, 0.05) is 23.7 Å². The Morgan fingerprint density at radius 2 is 1.81 bits per heavy atom. The van der Waals surface area contributed by atoms with Crippen LogP contribution in [0.5, 0.6) is 0 Å². The number of para-hydroxylation sites is 1. The molecule has 0 saturated heterocycles. The molecule has 3 aromatic rings. The zero-order valence-electron chi connectivity index (χ0n) is 14.1. The second-order valence-electron chi connectivity index (χ2n) is 6.85. The van der Waals surface area contributed by atoms with Crippen LogP contribution >= 0.6 is 0 Å². The molecule has 1 aromatic heterocycles. The third-order valence-electron chi connectivity index (χ3n) is 5.47. The first-order valence-corrected chi connectivity index (χ1v) is 8.83. The summed E-state index contributed by atoms with van der Waals surface area (Å²) >= 11 is 0. The van der Waals surface area contributed by atoms with Gasteiger partial charge in [0.25, 0.3) is 11.8 Å². The van der Waals surface area contributed by atoms with Gasteiger partial charge in [-0.25, -0.2) is 0 Å². The molecule has 0 unspecified atom stereocenters. The van der Waals surface area contributed by atoms with Crippen molar-refractivity contribution in [2.24, 2.45) is 5.73 Å². The highest BCUT2D eigenvalue weighted by atomic mass is 16.2.